The molecule has 0 saturated carbocycles. The molecule has 1 aromatic heterocycles. The number of anilines is 1. The van der Waals surface area contributed by atoms with Crippen LogP contribution in [0.2, 0.25) is 0 Å². The molecule has 0 saturated heterocycles. The van der Waals surface area contributed by atoms with E-state index in [0.29, 0.717) is 17.4 Å². The average molecular weight is 362 g/mol. The summed E-state index contributed by atoms with van der Waals surface area (Å²) in [6, 6.07) is 19.9. The third-order valence-corrected chi connectivity index (χ3v) is 4.59. The maximum Gasteiger partial charge on any atom is 0.256 e. The standard InChI is InChI=1S/C22H26N4O/c1-4-25(17(2)3)16-18-10-12-19(13-11-18)22(27)23-21-14-15-26(24-21)20-8-6-5-7-9-20/h5-15,17H,4,16H2,1-3H3,(H,23,24,27). The Balaban J connectivity index is 1.64. The summed E-state index contributed by atoms with van der Waals surface area (Å²) in [6.45, 7) is 8.44. The lowest BCUT2D eigenvalue weighted by Crippen LogP contribution is -2.29. The molecule has 1 amide bonds. The van der Waals surface area contributed by atoms with E-state index in [4.69, 9.17) is 0 Å². The van der Waals surface area contributed by atoms with Gasteiger partial charge in [-0.1, -0.05) is 37.3 Å². The third-order valence-electron chi connectivity index (χ3n) is 4.59. The van der Waals surface area contributed by atoms with Crippen molar-refractivity contribution in [3.8, 4) is 5.69 Å². The molecule has 140 valence electrons. The van der Waals surface area contributed by atoms with Gasteiger partial charge in [-0.2, -0.15) is 5.10 Å². The Kier molecular flexibility index (Phi) is 6.04. The second-order valence-electron chi connectivity index (χ2n) is 6.79. The molecule has 0 bridgehead atoms. The molecule has 3 rings (SSSR count). The predicted octanol–water partition coefficient (Wildman–Crippen LogP) is 4.35. The molecule has 0 radical (unpaired) electrons. The summed E-state index contributed by atoms with van der Waals surface area (Å²) in [7, 11) is 0. The monoisotopic (exact) mass is 362 g/mol. The lowest BCUT2D eigenvalue weighted by molar-refractivity contribution is 0.102. The van der Waals surface area contributed by atoms with E-state index in [-0.39, 0.29) is 5.91 Å². The zero-order valence-corrected chi connectivity index (χ0v) is 16.1. The number of hydrogen-bond donors (Lipinski definition) is 1. The van der Waals surface area contributed by atoms with Crippen LogP contribution in [0.4, 0.5) is 5.82 Å². The van der Waals surface area contributed by atoms with Crippen LogP contribution in [0.1, 0.15) is 36.7 Å². The van der Waals surface area contributed by atoms with Crippen molar-refractivity contribution in [3.05, 3.63) is 78.0 Å². The van der Waals surface area contributed by atoms with E-state index in [9.17, 15) is 4.79 Å². The van der Waals surface area contributed by atoms with Crippen LogP contribution in [0, 0.1) is 0 Å². The highest BCUT2D eigenvalue weighted by Crippen LogP contribution is 2.13. The summed E-state index contributed by atoms with van der Waals surface area (Å²) in [4.78, 5) is 14.9. The maximum atomic E-state index is 12.5. The minimum absolute atomic E-state index is 0.156. The molecule has 27 heavy (non-hydrogen) atoms. The lowest BCUT2D eigenvalue weighted by Gasteiger charge is -2.24. The van der Waals surface area contributed by atoms with Gasteiger partial charge < -0.3 is 5.32 Å². The number of aromatic nitrogens is 2. The lowest BCUT2D eigenvalue weighted by atomic mass is 10.1. The predicted molar refractivity (Wildman–Crippen MR) is 109 cm³/mol. The number of carbonyl (C=O) groups excluding carboxylic acids is 1. The van der Waals surface area contributed by atoms with Crippen LogP contribution in [0.25, 0.3) is 5.69 Å². The molecule has 1 heterocycles. The second-order valence-corrected chi connectivity index (χ2v) is 6.79. The second kappa shape index (κ2) is 8.64. The van der Waals surface area contributed by atoms with Crippen LogP contribution in [-0.2, 0) is 6.54 Å². The first-order valence-corrected chi connectivity index (χ1v) is 9.32. The zero-order chi connectivity index (χ0) is 19.2. The Hall–Kier alpha value is -2.92. The Morgan fingerprint density at radius 3 is 2.41 bits per heavy atom. The van der Waals surface area contributed by atoms with Gasteiger partial charge in [0.05, 0.1) is 5.69 Å². The molecular formula is C22H26N4O. The first-order chi connectivity index (χ1) is 13.1. The number of nitrogens with one attached hydrogen (secondary N) is 1. The van der Waals surface area contributed by atoms with Gasteiger partial charge in [-0.3, -0.25) is 9.69 Å². The first kappa shape index (κ1) is 18.9. The fraction of sp³-hybridized carbons (Fsp3) is 0.273. The van der Waals surface area contributed by atoms with Crippen molar-refractivity contribution in [1.29, 1.82) is 0 Å². The summed E-state index contributed by atoms with van der Waals surface area (Å²) in [6.07, 6.45) is 1.83. The molecular weight excluding hydrogens is 336 g/mol. The van der Waals surface area contributed by atoms with Gasteiger partial charge in [-0.05, 0) is 50.2 Å². The largest absolute Gasteiger partial charge is 0.305 e. The summed E-state index contributed by atoms with van der Waals surface area (Å²) in [5.74, 6) is 0.376. The van der Waals surface area contributed by atoms with Crippen molar-refractivity contribution in [3.63, 3.8) is 0 Å². The fourth-order valence-electron chi connectivity index (χ4n) is 2.96. The van der Waals surface area contributed by atoms with E-state index >= 15 is 0 Å². The smallest absolute Gasteiger partial charge is 0.256 e. The van der Waals surface area contributed by atoms with Gasteiger partial charge in [0, 0.05) is 30.4 Å². The van der Waals surface area contributed by atoms with Crippen LogP contribution in [-0.4, -0.2) is 33.2 Å². The number of amides is 1. The Morgan fingerprint density at radius 1 is 1.07 bits per heavy atom. The normalized spacial score (nSPS) is 11.1. The summed E-state index contributed by atoms with van der Waals surface area (Å²) in [5, 5.41) is 7.27. The molecule has 0 atom stereocenters. The van der Waals surface area contributed by atoms with Crippen molar-refractivity contribution in [2.24, 2.45) is 0 Å². The van der Waals surface area contributed by atoms with Gasteiger partial charge in [0.25, 0.3) is 5.91 Å². The van der Waals surface area contributed by atoms with Gasteiger partial charge in [0.2, 0.25) is 0 Å². The van der Waals surface area contributed by atoms with Gasteiger partial charge in [0.15, 0.2) is 5.82 Å². The van der Waals surface area contributed by atoms with Crippen molar-refractivity contribution >= 4 is 11.7 Å². The Labute approximate surface area is 160 Å². The molecule has 5 heteroatoms. The van der Waals surface area contributed by atoms with Crippen LogP contribution in [0.15, 0.2) is 66.9 Å². The molecule has 2 aromatic carbocycles. The summed E-state index contributed by atoms with van der Waals surface area (Å²) >= 11 is 0. The molecule has 0 aliphatic carbocycles. The quantitative estimate of drug-likeness (QED) is 0.680. The highest BCUT2D eigenvalue weighted by Gasteiger charge is 2.11. The van der Waals surface area contributed by atoms with Crippen molar-refractivity contribution in [1.82, 2.24) is 14.7 Å². The molecule has 0 aliphatic rings. The van der Waals surface area contributed by atoms with Crippen molar-refractivity contribution < 1.29 is 4.79 Å². The zero-order valence-electron chi connectivity index (χ0n) is 16.1. The molecule has 0 aliphatic heterocycles. The Morgan fingerprint density at radius 2 is 1.78 bits per heavy atom. The number of carbonyl (C=O) groups is 1. The fourth-order valence-corrected chi connectivity index (χ4v) is 2.96. The number of hydrogen-bond acceptors (Lipinski definition) is 3. The van der Waals surface area contributed by atoms with Crippen LogP contribution in [0.5, 0.6) is 0 Å². The summed E-state index contributed by atoms with van der Waals surface area (Å²) in [5.41, 5.74) is 2.78. The van der Waals surface area contributed by atoms with Crippen LogP contribution >= 0.6 is 0 Å². The van der Waals surface area contributed by atoms with Gasteiger partial charge in [-0.25, -0.2) is 4.68 Å². The maximum absolute atomic E-state index is 12.5. The number of nitrogens with zero attached hydrogens (tertiary/aromatic N) is 3. The van der Waals surface area contributed by atoms with E-state index < -0.39 is 0 Å². The van der Waals surface area contributed by atoms with Crippen LogP contribution in [0.3, 0.4) is 0 Å². The highest BCUT2D eigenvalue weighted by molar-refractivity contribution is 6.03. The number of rotatable bonds is 7. The topological polar surface area (TPSA) is 50.2 Å². The number of benzene rings is 2. The molecule has 3 aromatic rings. The first-order valence-electron chi connectivity index (χ1n) is 9.32. The van der Waals surface area contributed by atoms with E-state index in [0.717, 1.165) is 18.8 Å². The van der Waals surface area contributed by atoms with Gasteiger partial charge in [-0.15, -0.1) is 0 Å². The molecule has 0 fully saturated rings. The Bertz CT molecular complexity index is 869. The molecule has 0 unspecified atom stereocenters. The SMILES string of the molecule is CCN(Cc1ccc(C(=O)Nc2ccn(-c3ccccc3)n2)cc1)C(C)C. The third kappa shape index (κ3) is 4.83. The minimum Gasteiger partial charge on any atom is -0.305 e. The molecule has 1 N–H and O–H groups in total. The minimum atomic E-state index is -0.156. The van der Waals surface area contributed by atoms with E-state index in [1.165, 1.54) is 5.56 Å². The van der Waals surface area contributed by atoms with Crippen LogP contribution < -0.4 is 5.32 Å². The van der Waals surface area contributed by atoms with E-state index in [1.54, 1.807) is 10.7 Å². The van der Waals surface area contributed by atoms with Crippen molar-refractivity contribution in [2.75, 3.05) is 11.9 Å². The van der Waals surface area contributed by atoms with E-state index in [2.05, 4.69) is 36.1 Å². The van der Waals surface area contributed by atoms with E-state index in [1.807, 2.05) is 60.8 Å². The molecule has 0 spiro atoms. The van der Waals surface area contributed by atoms with Gasteiger partial charge in [0.1, 0.15) is 0 Å². The highest BCUT2D eigenvalue weighted by atomic mass is 16.1. The summed E-state index contributed by atoms with van der Waals surface area (Å²) < 4.78 is 1.74. The van der Waals surface area contributed by atoms with Gasteiger partial charge >= 0.3 is 0 Å². The molecule has 5 nitrogen and oxygen atoms in total. The van der Waals surface area contributed by atoms with Crippen molar-refractivity contribution in [2.45, 2.75) is 33.4 Å². The average Bonchev–Trinajstić information content (AvgIpc) is 3.15. The number of para-hydroxylation sites is 1.